The molecule has 0 aliphatic carbocycles. The van der Waals surface area contributed by atoms with Crippen LogP contribution in [0.2, 0.25) is 0 Å². The summed E-state index contributed by atoms with van der Waals surface area (Å²) >= 11 is 1.15. The molecule has 0 fully saturated rings. The van der Waals surface area contributed by atoms with Crippen LogP contribution in [0.3, 0.4) is 0 Å². The number of Topliss-reactive ketones (excluding diaryl/α,β-unsaturated/α-hetero) is 1. The first kappa shape index (κ1) is 19.7. The number of H-pyrrole nitrogens is 2. The van der Waals surface area contributed by atoms with Crippen molar-refractivity contribution in [3.05, 3.63) is 44.6 Å². The Hall–Kier alpha value is -3.01. The monoisotopic (exact) mass is 403 g/mol. The van der Waals surface area contributed by atoms with Gasteiger partial charge in [0, 0.05) is 12.6 Å². The molecule has 1 aromatic carbocycles. The first-order valence-corrected chi connectivity index (χ1v) is 9.61. The maximum absolute atomic E-state index is 12.6. The number of rotatable bonds is 7. The Bertz CT molecular complexity index is 1150. The zero-order chi connectivity index (χ0) is 20.4. The number of nitrogens with one attached hydrogen (secondary N) is 2. The minimum atomic E-state index is -0.776. The number of nitrogens with zero attached hydrogens (tertiary/aromatic N) is 2. The highest BCUT2D eigenvalue weighted by atomic mass is 32.2. The molecule has 0 radical (unpaired) electrons. The van der Waals surface area contributed by atoms with Gasteiger partial charge in [-0.2, -0.15) is 0 Å². The number of ether oxygens (including phenoxy) is 1. The lowest BCUT2D eigenvalue weighted by Gasteiger charge is -2.13. The molecule has 2 aromatic heterocycles. The summed E-state index contributed by atoms with van der Waals surface area (Å²) in [6, 6.07) is 5.40. The third kappa shape index (κ3) is 3.96. The predicted molar refractivity (Wildman–Crippen MR) is 108 cm³/mol. The molecule has 9 nitrogen and oxygen atoms in total. The number of hydrogen-bond donors (Lipinski definition) is 3. The molecule has 0 spiro atoms. The number of imidazole rings is 1. The summed E-state index contributed by atoms with van der Waals surface area (Å²) in [5.74, 6) is 0.178. The average Bonchev–Trinajstić information content (AvgIpc) is 3.05. The van der Waals surface area contributed by atoms with Gasteiger partial charge < -0.3 is 15.5 Å². The van der Waals surface area contributed by atoms with Gasteiger partial charge in [0.2, 0.25) is 0 Å². The van der Waals surface area contributed by atoms with Gasteiger partial charge in [-0.3, -0.25) is 19.1 Å². The summed E-state index contributed by atoms with van der Waals surface area (Å²) < 4.78 is 6.39. The largest absolute Gasteiger partial charge is 0.497 e. The number of hydrogen-bond acceptors (Lipinski definition) is 7. The number of ketones is 1. The number of thioether (sulfide) groups is 1. The van der Waals surface area contributed by atoms with Crippen molar-refractivity contribution < 1.29 is 9.53 Å². The molecule has 0 saturated carbocycles. The van der Waals surface area contributed by atoms with Gasteiger partial charge in [-0.15, -0.1) is 0 Å². The summed E-state index contributed by atoms with van der Waals surface area (Å²) in [6.07, 6.45) is 0. The van der Waals surface area contributed by atoms with Gasteiger partial charge in [0.15, 0.2) is 10.9 Å². The smallest absolute Gasteiger partial charge is 0.329 e. The van der Waals surface area contributed by atoms with Crippen molar-refractivity contribution in [2.45, 2.75) is 25.5 Å². The van der Waals surface area contributed by atoms with Crippen LogP contribution in [-0.4, -0.2) is 38.2 Å². The fourth-order valence-electron chi connectivity index (χ4n) is 2.77. The first-order valence-electron chi connectivity index (χ1n) is 8.62. The van der Waals surface area contributed by atoms with Gasteiger partial charge in [0.1, 0.15) is 17.1 Å². The third-order valence-electron chi connectivity index (χ3n) is 4.07. The normalized spacial score (nSPS) is 11.3. The summed E-state index contributed by atoms with van der Waals surface area (Å²) in [4.78, 5) is 46.4. The second-order valence-corrected chi connectivity index (χ2v) is 7.62. The maximum atomic E-state index is 12.6. The summed E-state index contributed by atoms with van der Waals surface area (Å²) in [6.45, 7) is 4.12. The Morgan fingerprint density at radius 2 is 2.07 bits per heavy atom. The van der Waals surface area contributed by atoms with Crippen molar-refractivity contribution in [1.82, 2.24) is 19.5 Å². The number of carbonyl (C=O) groups excluding carboxylic acids is 1. The minimum absolute atomic E-state index is 0.0515. The Morgan fingerprint density at radius 3 is 2.75 bits per heavy atom. The summed E-state index contributed by atoms with van der Waals surface area (Å²) in [5, 5.41) is 0.530. The van der Waals surface area contributed by atoms with E-state index in [0.717, 1.165) is 22.8 Å². The van der Waals surface area contributed by atoms with E-state index in [9.17, 15) is 14.4 Å². The molecule has 0 aliphatic heterocycles. The van der Waals surface area contributed by atoms with Crippen molar-refractivity contribution in [3.63, 3.8) is 0 Å². The van der Waals surface area contributed by atoms with Crippen LogP contribution in [0, 0.1) is 5.92 Å². The van der Waals surface area contributed by atoms with E-state index in [1.807, 2.05) is 13.8 Å². The predicted octanol–water partition coefficient (Wildman–Crippen LogP) is 1.63. The fourth-order valence-corrected chi connectivity index (χ4v) is 3.53. The van der Waals surface area contributed by atoms with Crippen molar-refractivity contribution in [2.75, 3.05) is 18.6 Å². The lowest BCUT2D eigenvalue weighted by atomic mass is 10.2. The number of benzene rings is 1. The van der Waals surface area contributed by atoms with Gasteiger partial charge in [-0.1, -0.05) is 25.6 Å². The highest BCUT2D eigenvalue weighted by Crippen LogP contribution is 2.23. The van der Waals surface area contributed by atoms with Gasteiger partial charge in [0.25, 0.3) is 5.56 Å². The van der Waals surface area contributed by atoms with E-state index in [1.54, 1.807) is 25.3 Å². The van der Waals surface area contributed by atoms with E-state index in [2.05, 4.69) is 15.0 Å². The Balaban J connectivity index is 1.83. The van der Waals surface area contributed by atoms with Crippen molar-refractivity contribution in [3.8, 4) is 5.75 Å². The fraction of sp³-hybridized carbons (Fsp3) is 0.333. The Kier molecular flexibility index (Phi) is 5.59. The lowest BCUT2D eigenvalue weighted by molar-refractivity contribution is 0.102. The first-order chi connectivity index (χ1) is 13.3. The Morgan fingerprint density at radius 1 is 1.32 bits per heavy atom. The molecule has 148 valence electrons. The van der Waals surface area contributed by atoms with Gasteiger partial charge in [-0.25, -0.2) is 9.78 Å². The molecule has 28 heavy (non-hydrogen) atoms. The van der Waals surface area contributed by atoms with E-state index in [0.29, 0.717) is 17.5 Å². The molecule has 3 aromatic rings. The number of anilines is 1. The number of aromatic amines is 2. The van der Waals surface area contributed by atoms with E-state index >= 15 is 0 Å². The summed E-state index contributed by atoms with van der Waals surface area (Å²) in [5.41, 5.74) is 5.88. The quantitative estimate of drug-likeness (QED) is 0.403. The number of carbonyl (C=O) groups is 1. The molecular weight excluding hydrogens is 382 g/mol. The average molecular weight is 403 g/mol. The number of nitrogen functional groups attached to an aromatic ring is 1. The van der Waals surface area contributed by atoms with Gasteiger partial charge in [0.05, 0.1) is 23.9 Å². The lowest BCUT2D eigenvalue weighted by Crippen LogP contribution is -2.37. The molecule has 2 heterocycles. The topological polar surface area (TPSA) is 136 Å². The van der Waals surface area contributed by atoms with Gasteiger partial charge >= 0.3 is 5.69 Å². The number of methoxy groups -OCH3 is 1. The standard InChI is InChI=1S/C18H21N5O4S/c1-9(2)7-23-15(19)14(16(25)22-18(23)26)13(24)8-28-17-20-11-5-4-10(27-3)6-12(11)21-17/h4-6,9H,7-8,19H2,1-3H3,(H,20,21)(H,22,25,26). The molecule has 0 aliphatic rings. The number of fused-ring (bicyclic) bond motifs is 1. The van der Waals surface area contributed by atoms with Gasteiger partial charge in [-0.05, 0) is 18.1 Å². The minimum Gasteiger partial charge on any atom is -0.497 e. The molecule has 10 heteroatoms. The molecule has 3 rings (SSSR count). The maximum Gasteiger partial charge on any atom is 0.329 e. The van der Waals surface area contributed by atoms with Crippen LogP contribution in [0.4, 0.5) is 5.82 Å². The summed E-state index contributed by atoms with van der Waals surface area (Å²) in [7, 11) is 1.58. The van der Waals surface area contributed by atoms with Crippen LogP contribution < -0.4 is 21.7 Å². The number of nitrogens with two attached hydrogens (primary N) is 1. The van der Waals surface area contributed by atoms with E-state index in [-0.39, 0.29) is 23.1 Å². The Labute approximate surface area is 164 Å². The van der Waals surface area contributed by atoms with Crippen molar-refractivity contribution in [1.29, 1.82) is 0 Å². The van der Waals surface area contributed by atoms with Crippen LogP contribution in [0.5, 0.6) is 5.75 Å². The van der Waals surface area contributed by atoms with Crippen LogP contribution in [-0.2, 0) is 6.54 Å². The molecular formula is C18H21N5O4S. The molecule has 0 amide bonds. The molecule has 0 atom stereocenters. The van der Waals surface area contributed by atoms with E-state index in [1.165, 1.54) is 4.57 Å². The molecule has 0 bridgehead atoms. The van der Waals surface area contributed by atoms with Crippen LogP contribution in [0.25, 0.3) is 11.0 Å². The molecule has 0 unspecified atom stereocenters. The van der Waals surface area contributed by atoms with Crippen LogP contribution in [0.1, 0.15) is 24.2 Å². The molecule has 4 N–H and O–H groups in total. The van der Waals surface area contributed by atoms with Crippen LogP contribution in [0.15, 0.2) is 32.9 Å². The second kappa shape index (κ2) is 7.93. The van der Waals surface area contributed by atoms with E-state index < -0.39 is 17.0 Å². The zero-order valence-electron chi connectivity index (χ0n) is 15.7. The van der Waals surface area contributed by atoms with Crippen LogP contribution >= 0.6 is 11.8 Å². The highest BCUT2D eigenvalue weighted by molar-refractivity contribution is 7.99. The molecule has 0 saturated heterocycles. The second-order valence-electron chi connectivity index (χ2n) is 6.66. The highest BCUT2D eigenvalue weighted by Gasteiger charge is 2.20. The SMILES string of the molecule is COc1ccc2nc(SCC(=O)c3c(N)n(CC(C)C)c(=O)[nH]c3=O)[nH]c2c1. The van der Waals surface area contributed by atoms with Crippen molar-refractivity contribution in [2.24, 2.45) is 5.92 Å². The van der Waals surface area contributed by atoms with Crippen molar-refractivity contribution >= 4 is 34.4 Å². The number of aromatic nitrogens is 4. The third-order valence-corrected chi connectivity index (χ3v) is 4.95. The van der Waals surface area contributed by atoms with E-state index in [4.69, 9.17) is 10.5 Å². The zero-order valence-corrected chi connectivity index (χ0v) is 16.6.